The van der Waals surface area contributed by atoms with Crippen LogP contribution in [0.1, 0.15) is 103 Å². The second kappa shape index (κ2) is 13.9. The zero-order valence-corrected chi connectivity index (χ0v) is 16.0. The Hall–Kier alpha value is -0.440. The Morgan fingerprint density at radius 2 is 1.39 bits per heavy atom. The maximum atomic E-state index is 12.0. The van der Waals surface area contributed by atoms with Crippen LogP contribution in [0.5, 0.6) is 0 Å². The van der Waals surface area contributed by atoms with E-state index >= 15 is 0 Å². The number of hydrogen-bond acceptors (Lipinski definition) is 2. The largest absolute Gasteiger partial charge is 0.379 e. The van der Waals surface area contributed by atoms with Crippen molar-refractivity contribution in [3.63, 3.8) is 0 Å². The molecule has 1 heterocycles. The first kappa shape index (κ1) is 20.6. The maximum Gasteiger partial charge on any atom is 0.138 e. The van der Waals surface area contributed by atoms with Gasteiger partial charge in [-0.3, -0.25) is 4.79 Å². The van der Waals surface area contributed by atoms with Gasteiger partial charge < -0.3 is 5.32 Å². The summed E-state index contributed by atoms with van der Waals surface area (Å²) >= 11 is 5.09. The van der Waals surface area contributed by atoms with Crippen molar-refractivity contribution in [1.82, 2.24) is 5.32 Å². The first-order chi connectivity index (χ1) is 11.2. The molecule has 23 heavy (non-hydrogen) atoms. The molecule has 1 N–H and O–H groups in total. The van der Waals surface area contributed by atoms with Gasteiger partial charge in [0.15, 0.2) is 0 Å². The van der Waals surface area contributed by atoms with Crippen LogP contribution in [-0.4, -0.2) is 17.3 Å². The molecular formula is C20H37NOS. The monoisotopic (exact) mass is 339 g/mol. The molecule has 134 valence electrons. The van der Waals surface area contributed by atoms with Crippen LogP contribution in [0.2, 0.25) is 0 Å². The number of carbonyl (C=O) groups is 1. The molecule has 1 aliphatic heterocycles. The fourth-order valence-electron chi connectivity index (χ4n) is 3.35. The van der Waals surface area contributed by atoms with E-state index < -0.39 is 0 Å². The second-order valence-electron chi connectivity index (χ2n) is 7.16. The minimum absolute atomic E-state index is 0.167. The van der Waals surface area contributed by atoms with Gasteiger partial charge in [-0.1, -0.05) is 96.2 Å². The normalized spacial score (nSPS) is 17.4. The number of thiocarbonyl (C=S) groups is 1. The van der Waals surface area contributed by atoms with E-state index in [0.29, 0.717) is 5.78 Å². The van der Waals surface area contributed by atoms with Crippen molar-refractivity contribution in [2.45, 2.75) is 103 Å². The van der Waals surface area contributed by atoms with Crippen molar-refractivity contribution in [2.75, 3.05) is 6.54 Å². The number of unbranched alkanes of at least 4 members (excludes halogenated alkanes) is 12. The molecule has 3 heteroatoms. The van der Waals surface area contributed by atoms with Gasteiger partial charge in [0, 0.05) is 25.3 Å². The first-order valence-corrected chi connectivity index (χ1v) is 10.4. The molecule has 0 spiro atoms. The van der Waals surface area contributed by atoms with E-state index in [2.05, 4.69) is 12.2 Å². The number of ketones is 1. The van der Waals surface area contributed by atoms with Gasteiger partial charge in [-0.25, -0.2) is 0 Å². The highest BCUT2D eigenvalue weighted by molar-refractivity contribution is 7.80. The summed E-state index contributed by atoms with van der Waals surface area (Å²) in [5.74, 6) is 0.584. The van der Waals surface area contributed by atoms with E-state index in [0.717, 1.165) is 30.8 Å². The van der Waals surface area contributed by atoms with Crippen LogP contribution in [-0.2, 0) is 4.79 Å². The van der Waals surface area contributed by atoms with E-state index in [1.165, 1.54) is 77.0 Å². The lowest BCUT2D eigenvalue weighted by Crippen LogP contribution is -2.17. The molecular weight excluding hydrogens is 302 g/mol. The van der Waals surface area contributed by atoms with E-state index in [-0.39, 0.29) is 5.92 Å². The minimum Gasteiger partial charge on any atom is -0.379 e. The number of carbonyl (C=O) groups excluding carboxylic acids is 1. The van der Waals surface area contributed by atoms with Crippen molar-refractivity contribution in [1.29, 1.82) is 0 Å². The second-order valence-corrected chi connectivity index (χ2v) is 7.66. The first-order valence-electron chi connectivity index (χ1n) is 10.0. The van der Waals surface area contributed by atoms with Gasteiger partial charge >= 0.3 is 0 Å². The number of nitrogens with one attached hydrogen (secondary N) is 1. The molecule has 1 fully saturated rings. The molecule has 1 aliphatic rings. The fraction of sp³-hybridized carbons (Fsp3) is 0.900. The molecule has 2 nitrogen and oxygen atoms in total. The van der Waals surface area contributed by atoms with Gasteiger partial charge in [-0.05, 0) is 6.42 Å². The summed E-state index contributed by atoms with van der Waals surface area (Å²) in [6.07, 6.45) is 19.1. The average molecular weight is 340 g/mol. The molecule has 0 unspecified atom stereocenters. The quantitative estimate of drug-likeness (QED) is 0.294. The Bertz CT molecular complexity index is 330. The summed E-state index contributed by atoms with van der Waals surface area (Å²) in [4.78, 5) is 12.9. The van der Waals surface area contributed by atoms with Crippen molar-refractivity contribution in [3.05, 3.63) is 0 Å². The van der Waals surface area contributed by atoms with Crippen LogP contribution < -0.4 is 5.32 Å². The topological polar surface area (TPSA) is 29.1 Å². The van der Waals surface area contributed by atoms with Crippen molar-refractivity contribution in [2.24, 2.45) is 5.92 Å². The lowest BCUT2D eigenvalue weighted by atomic mass is 9.98. The Morgan fingerprint density at radius 3 is 1.83 bits per heavy atom. The number of rotatable bonds is 15. The number of Topliss-reactive ketones (excluding diaryl/α,β-unsaturated/α-hetero) is 1. The van der Waals surface area contributed by atoms with Crippen LogP contribution >= 0.6 is 12.2 Å². The van der Waals surface area contributed by atoms with Crippen LogP contribution in [0, 0.1) is 5.92 Å². The van der Waals surface area contributed by atoms with E-state index in [9.17, 15) is 4.79 Å². The third-order valence-corrected chi connectivity index (χ3v) is 5.27. The van der Waals surface area contributed by atoms with Gasteiger partial charge in [0.25, 0.3) is 0 Å². The maximum absolute atomic E-state index is 12.0. The summed E-state index contributed by atoms with van der Waals surface area (Å²) in [6, 6.07) is 0. The molecule has 0 aromatic rings. The average Bonchev–Trinajstić information content (AvgIpc) is 2.98. The van der Waals surface area contributed by atoms with Gasteiger partial charge in [-0.15, -0.1) is 0 Å². The Morgan fingerprint density at radius 1 is 0.913 bits per heavy atom. The molecule has 1 saturated heterocycles. The Labute approximate surface area is 149 Å². The SMILES string of the molecule is CCCCCCCCCCCCCCCC(=O)[C@H]1CNC(=S)C1. The Kier molecular flexibility index (Phi) is 12.5. The fourth-order valence-corrected chi connectivity index (χ4v) is 3.64. The van der Waals surface area contributed by atoms with Gasteiger partial charge in [0.1, 0.15) is 5.78 Å². The Balaban J connectivity index is 1.78. The standard InChI is InChI=1S/C20H37NOS/c1-2-3-4-5-6-7-8-9-10-11-12-13-14-15-19(22)18-16-20(23)21-17-18/h18H,2-17H2,1H3,(H,21,23)/t18-/m1/s1. The smallest absolute Gasteiger partial charge is 0.138 e. The van der Waals surface area contributed by atoms with E-state index in [1.807, 2.05) is 0 Å². The number of hydrogen-bond donors (Lipinski definition) is 1. The minimum atomic E-state index is 0.167. The lowest BCUT2D eigenvalue weighted by molar-refractivity contribution is -0.122. The van der Waals surface area contributed by atoms with Crippen LogP contribution in [0.15, 0.2) is 0 Å². The van der Waals surface area contributed by atoms with Crippen molar-refractivity contribution >= 4 is 23.0 Å². The van der Waals surface area contributed by atoms with Crippen LogP contribution in [0.3, 0.4) is 0 Å². The summed E-state index contributed by atoms with van der Waals surface area (Å²) in [7, 11) is 0. The van der Waals surface area contributed by atoms with Gasteiger partial charge in [0.2, 0.25) is 0 Å². The van der Waals surface area contributed by atoms with E-state index in [4.69, 9.17) is 12.2 Å². The van der Waals surface area contributed by atoms with Gasteiger partial charge in [0.05, 0.1) is 4.99 Å². The zero-order chi connectivity index (χ0) is 16.8. The summed E-state index contributed by atoms with van der Waals surface area (Å²) < 4.78 is 0. The predicted molar refractivity (Wildman–Crippen MR) is 104 cm³/mol. The molecule has 0 aromatic heterocycles. The third-order valence-electron chi connectivity index (χ3n) is 4.96. The highest BCUT2D eigenvalue weighted by Gasteiger charge is 2.24. The van der Waals surface area contributed by atoms with Crippen LogP contribution in [0.4, 0.5) is 0 Å². The molecule has 0 saturated carbocycles. The zero-order valence-electron chi connectivity index (χ0n) is 15.2. The molecule has 1 atom stereocenters. The summed E-state index contributed by atoms with van der Waals surface area (Å²) in [5, 5.41) is 3.11. The lowest BCUT2D eigenvalue weighted by Gasteiger charge is -2.06. The molecule has 0 bridgehead atoms. The predicted octanol–water partition coefficient (Wildman–Crippen LogP) is 5.97. The van der Waals surface area contributed by atoms with E-state index in [1.54, 1.807) is 0 Å². The van der Waals surface area contributed by atoms with Gasteiger partial charge in [-0.2, -0.15) is 0 Å². The highest BCUT2D eigenvalue weighted by atomic mass is 32.1. The molecule has 0 radical (unpaired) electrons. The molecule has 0 amide bonds. The van der Waals surface area contributed by atoms with Crippen molar-refractivity contribution < 1.29 is 4.79 Å². The molecule has 0 aromatic carbocycles. The van der Waals surface area contributed by atoms with Crippen molar-refractivity contribution in [3.8, 4) is 0 Å². The van der Waals surface area contributed by atoms with Crippen LogP contribution in [0.25, 0.3) is 0 Å². The molecule has 0 aliphatic carbocycles. The highest BCUT2D eigenvalue weighted by Crippen LogP contribution is 2.16. The summed E-state index contributed by atoms with van der Waals surface area (Å²) in [6.45, 7) is 3.05. The molecule has 1 rings (SSSR count). The third kappa shape index (κ3) is 10.9. The summed E-state index contributed by atoms with van der Waals surface area (Å²) in [5.41, 5.74) is 0.